The van der Waals surface area contributed by atoms with E-state index < -0.39 is 0 Å². The van der Waals surface area contributed by atoms with Gasteiger partial charge in [-0.05, 0) is 18.8 Å². The van der Waals surface area contributed by atoms with Gasteiger partial charge in [0.2, 0.25) is 5.91 Å². The summed E-state index contributed by atoms with van der Waals surface area (Å²) in [5, 5.41) is 12.2. The Balaban J connectivity index is 2.08. The van der Waals surface area contributed by atoms with E-state index in [1.807, 2.05) is 4.90 Å². The van der Waals surface area contributed by atoms with Crippen LogP contribution in [-0.4, -0.2) is 48.2 Å². The Hall–Kier alpha value is -0.610. The number of carbonyl (C=O) groups is 1. The van der Waals surface area contributed by atoms with Gasteiger partial charge < -0.3 is 10.4 Å². The lowest BCUT2D eigenvalue weighted by Gasteiger charge is -2.14. The predicted octanol–water partition coefficient (Wildman–Crippen LogP) is 0.215. The van der Waals surface area contributed by atoms with Crippen molar-refractivity contribution in [2.45, 2.75) is 32.8 Å². The Bertz CT molecular complexity index is 207. The summed E-state index contributed by atoms with van der Waals surface area (Å²) in [6.07, 6.45) is 1.57. The number of hydrogen-bond donors (Lipinski definition) is 2. The van der Waals surface area contributed by atoms with Gasteiger partial charge in [-0.2, -0.15) is 0 Å². The molecule has 1 atom stereocenters. The number of nitrogens with zero attached hydrogens (tertiary/aromatic N) is 1. The number of hydrogen-bond acceptors (Lipinski definition) is 3. The van der Waals surface area contributed by atoms with Crippen molar-refractivity contribution in [2.24, 2.45) is 5.92 Å². The van der Waals surface area contributed by atoms with E-state index in [1.165, 1.54) is 0 Å². The normalized spacial score (nSPS) is 22.3. The standard InChI is InChI=1S/C11H22N2O2/c1-9(2)3-5-12-11(15)8-13-6-4-10(14)7-13/h9-10,14H,3-8H2,1-2H3,(H,12,15)/t10-/m0/s1. The molecule has 0 radical (unpaired) electrons. The van der Waals surface area contributed by atoms with Crippen LogP contribution in [0.5, 0.6) is 0 Å². The summed E-state index contributed by atoms with van der Waals surface area (Å²) in [6, 6.07) is 0. The lowest BCUT2D eigenvalue weighted by Crippen LogP contribution is -2.37. The molecule has 1 heterocycles. The van der Waals surface area contributed by atoms with E-state index in [0.717, 1.165) is 25.9 Å². The number of β-amino-alcohol motifs (C(OH)–C–C–N with tert-alkyl or cyclic N) is 1. The van der Waals surface area contributed by atoms with Crippen molar-refractivity contribution in [1.29, 1.82) is 0 Å². The van der Waals surface area contributed by atoms with E-state index in [-0.39, 0.29) is 12.0 Å². The largest absolute Gasteiger partial charge is 0.392 e. The SMILES string of the molecule is CC(C)CCNC(=O)CN1CC[C@H](O)C1. The smallest absolute Gasteiger partial charge is 0.234 e. The lowest BCUT2D eigenvalue weighted by molar-refractivity contribution is -0.122. The Morgan fingerprint density at radius 3 is 2.87 bits per heavy atom. The molecule has 0 aromatic heterocycles. The number of nitrogens with one attached hydrogen (secondary N) is 1. The maximum Gasteiger partial charge on any atom is 0.234 e. The summed E-state index contributed by atoms with van der Waals surface area (Å²) in [6.45, 7) is 6.93. The zero-order valence-electron chi connectivity index (χ0n) is 9.70. The average Bonchev–Trinajstić information content (AvgIpc) is 2.50. The number of carbonyl (C=O) groups excluding carboxylic acids is 1. The number of aliphatic hydroxyl groups excluding tert-OH is 1. The molecule has 0 saturated carbocycles. The van der Waals surface area contributed by atoms with Crippen molar-refractivity contribution in [1.82, 2.24) is 10.2 Å². The van der Waals surface area contributed by atoms with Gasteiger partial charge in [0.15, 0.2) is 0 Å². The minimum Gasteiger partial charge on any atom is -0.392 e. The highest BCUT2D eigenvalue weighted by atomic mass is 16.3. The second kappa shape index (κ2) is 6.08. The highest BCUT2D eigenvalue weighted by molar-refractivity contribution is 5.78. The first-order valence-corrected chi connectivity index (χ1v) is 5.75. The van der Waals surface area contributed by atoms with Gasteiger partial charge in [0.1, 0.15) is 0 Å². The maximum atomic E-state index is 11.5. The first kappa shape index (κ1) is 12.5. The van der Waals surface area contributed by atoms with Crippen molar-refractivity contribution in [3.8, 4) is 0 Å². The maximum absolute atomic E-state index is 11.5. The van der Waals surface area contributed by atoms with E-state index in [9.17, 15) is 9.90 Å². The van der Waals surface area contributed by atoms with Crippen LogP contribution in [0.2, 0.25) is 0 Å². The molecule has 0 spiro atoms. The summed E-state index contributed by atoms with van der Waals surface area (Å²) < 4.78 is 0. The van der Waals surface area contributed by atoms with Crippen LogP contribution in [0.15, 0.2) is 0 Å². The minimum absolute atomic E-state index is 0.0738. The third-order valence-corrected chi connectivity index (χ3v) is 2.66. The molecule has 1 fully saturated rings. The van der Waals surface area contributed by atoms with Gasteiger partial charge in [-0.25, -0.2) is 0 Å². The summed E-state index contributed by atoms with van der Waals surface area (Å²) >= 11 is 0. The van der Waals surface area contributed by atoms with Gasteiger partial charge in [-0.15, -0.1) is 0 Å². The molecule has 1 rings (SSSR count). The molecule has 0 aromatic rings. The van der Waals surface area contributed by atoms with Crippen LogP contribution in [0.4, 0.5) is 0 Å². The van der Waals surface area contributed by atoms with Crippen molar-refractivity contribution in [3.05, 3.63) is 0 Å². The molecule has 0 aromatic carbocycles. The molecule has 15 heavy (non-hydrogen) atoms. The second-order valence-corrected chi connectivity index (χ2v) is 4.71. The molecule has 1 saturated heterocycles. The minimum atomic E-state index is -0.242. The molecule has 0 unspecified atom stereocenters. The van der Waals surface area contributed by atoms with Crippen LogP contribution in [-0.2, 0) is 4.79 Å². The van der Waals surface area contributed by atoms with Gasteiger partial charge in [-0.3, -0.25) is 9.69 Å². The van der Waals surface area contributed by atoms with E-state index in [4.69, 9.17) is 0 Å². The number of likely N-dealkylation sites (tertiary alicyclic amines) is 1. The van der Waals surface area contributed by atoms with Gasteiger partial charge in [0.05, 0.1) is 12.6 Å². The second-order valence-electron chi connectivity index (χ2n) is 4.71. The van der Waals surface area contributed by atoms with E-state index in [0.29, 0.717) is 19.0 Å². The number of amides is 1. The van der Waals surface area contributed by atoms with Gasteiger partial charge in [0.25, 0.3) is 0 Å². The first-order chi connectivity index (χ1) is 7.08. The molecular weight excluding hydrogens is 192 g/mol. The van der Waals surface area contributed by atoms with Crippen molar-refractivity contribution >= 4 is 5.91 Å². The lowest BCUT2D eigenvalue weighted by atomic mass is 10.1. The fourth-order valence-electron chi connectivity index (χ4n) is 1.72. The van der Waals surface area contributed by atoms with Crippen molar-refractivity contribution in [2.75, 3.05) is 26.2 Å². The Kier molecular flexibility index (Phi) is 5.05. The van der Waals surface area contributed by atoms with Crippen LogP contribution in [0, 0.1) is 5.92 Å². The molecule has 4 heteroatoms. The van der Waals surface area contributed by atoms with Gasteiger partial charge in [0, 0.05) is 19.6 Å². The molecule has 0 aliphatic carbocycles. The zero-order chi connectivity index (χ0) is 11.3. The third kappa shape index (κ3) is 5.14. The van der Waals surface area contributed by atoms with Crippen LogP contribution >= 0.6 is 0 Å². The molecule has 1 aliphatic heterocycles. The molecule has 0 bridgehead atoms. The highest BCUT2D eigenvalue weighted by Crippen LogP contribution is 2.07. The molecule has 88 valence electrons. The van der Waals surface area contributed by atoms with Crippen molar-refractivity contribution < 1.29 is 9.90 Å². The molecule has 4 nitrogen and oxygen atoms in total. The van der Waals surface area contributed by atoms with E-state index in [2.05, 4.69) is 19.2 Å². The van der Waals surface area contributed by atoms with Crippen LogP contribution in [0.25, 0.3) is 0 Å². The van der Waals surface area contributed by atoms with Crippen LogP contribution in [0.1, 0.15) is 26.7 Å². The summed E-state index contributed by atoms with van der Waals surface area (Å²) in [4.78, 5) is 13.4. The Labute approximate surface area is 91.6 Å². The topological polar surface area (TPSA) is 52.6 Å². The molecule has 1 amide bonds. The van der Waals surface area contributed by atoms with Gasteiger partial charge >= 0.3 is 0 Å². The zero-order valence-corrected chi connectivity index (χ0v) is 9.70. The fourth-order valence-corrected chi connectivity index (χ4v) is 1.72. The third-order valence-electron chi connectivity index (χ3n) is 2.66. The van der Waals surface area contributed by atoms with Crippen molar-refractivity contribution in [3.63, 3.8) is 0 Å². The average molecular weight is 214 g/mol. The first-order valence-electron chi connectivity index (χ1n) is 5.75. The predicted molar refractivity (Wildman–Crippen MR) is 59.5 cm³/mol. The van der Waals surface area contributed by atoms with E-state index in [1.54, 1.807) is 0 Å². The van der Waals surface area contributed by atoms with E-state index >= 15 is 0 Å². The summed E-state index contributed by atoms with van der Waals surface area (Å²) in [5.74, 6) is 0.698. The quantitative estimate of drug-likeness (QED) is 0.688. The summed E-state index contributed by atoms with van der Waals surface area (Å²) in [7, 11) is 0. The molecule has 1 aliphatic rings. The number of rotatable bonds is 5. The fraction of sp³-hybridized carbons (Fsp3) is 0.909. The Morgan fingerprint density at radius 1 is 1.60 bits per heavy atom. The highest BCUT2D eigenvalue weighted by Gasteiger charge is 2.21. The monoisotopic (exact) mass is 214 g/mol. The Morgan fingerprint density at radius 2 is 2.33 bits per heavy atom. The molecule has 2 N–H and O–H groups in total. The number of aliphatic hydroxyl groups is 1. The van der Waals surface area contributed by atoms with Crippen LogP contribution < -0.4 is 5.32 Å². The van der Waals surface area contributed by atoms with Crippen LogP contribution in [0.3, 0.4) is 0 Å². The summed E-state index contributed by atoms with van der Waals surface area (Å²) in [5.41, 5.74) is 0. The molecular formula is C11H22N2O2. The van der Waals surface area contributed by atoms with Gasteiger partial charge in [-0.1, -0.05) is 13.8 Å².